The van der Waals surface area contributed by atoms with Crippen LogP contribution in [0.3, 0.4) is 0 Å². The molecule has 0 aliphatic heterocycles. The third-order valence-electron chi connectivity index (χ3n) is 2.61. The number of nitrogens with two attached hydrogens (primary N) is 1. The predicted molar refractivity (Wildman–Crippen MR) is 88.2 cm³/mol. The minimum absolute atomic E-state index is 0.0549. The van der Waals surface area contributed by atoms with Crippen LogP contribution in [0.5, 0.6) is 0 Å². The van der Waals surface area contributed by atoms with Gasteiger partial charge in [-0.15, -0.1) is 0 Å². The van der Waals surface area contributed by atoms with E-state index >= 15 is 0 Å². The van der Waals surface area contributed by atoms with E-state index in [2.05, 4.69) is 36.6 Å². The summed E-state index contributed by atoms with van der Waals surface area (Å²) in [5.41, 5.74) is 6.24. The smallest absolute Gasteiger partial charge is 0.264 e. The van der Waals surface area contributed by atoms with E-state index in [9.17, 15) is 8.42 Å². The van der Waals surface area contributed by atoms with Gasteiger partial charge in [0, 0.05) is 8.95 Å². The molecule has 3 N–H and O–H groups in total. The first-order valence-electron chi connectivity index (χ1n) is 5.61. The Balaban J connectivity index is 2.50. The lowest BCUT2D eigenvalue weighted by atomic mass is 10.2. The molecule has 0 radical (unpaired) electrons. The molecule has 0 heterocycles. The van der Waals surface area contributed by atoms with Crippen LogP contribution >= 0.6 is 31.9 Å². The van der Waals surface area contributed by atoms with Gasteiger partial charge in [-0.3, -0.25) is 4.72 Å². The van der Waals surface area contributed by atoms with Gasteiger partial charge in [0.1, 0.15) is 11.0 Å². The normalized spacial score (nSPS) is 10.9. The van der Waals surface area contributed by atoms with E-state index in [-0.39, 0.29) is 21.8 Å². The average molecular weight is 431 g/mol. The average Bonchev–Trinajstić information content (AvgIpc) is 2.41. The highest BCUT2D eigenvalue weighted by Gasteiger charge is 2.19. The molecule has 2 aromatic rings. The second kappa shape index (κ2) is 6.05. The summed E-state index contributed by atoms with van der Waals surface area (Å²) < 4.78 is 28.5. The van der Waals surface area contributed by atoms with Crippen LogP contribution in [0, 0.1) is 11.3 Å². The Morgan fingerprint density at radius 1 is 1.10 bits per heavy atom. The van der Waals surface area contributed by atoms with Crippen LogP contribution < -0.4 is 10.5 Å². The molecule has 0 bridgehead atoms. The highest BCUT2D eigenvalue weighted by molar-refractivity contribution is 9.10. The molecule has 0 aliphatic carbocycles. The van der Waals surface area contributed by atoms with Crippen LogP contribution in [-0.4, -0.2) is 8.42 Å². The number of nitrogen functional groups attached to an aromatic ring is 1. The summed E-state index contributed by atoms with van der Waals surface area (Å²) in [7, 11) is -3.89. The summed E-state index contributed by atoms with van der Waals surface area (Å²) in [5.74, 6) is 0. The predicted octanol–water partition coefficient (Wildman–Crippen LogP) is 3.47. The molecule has 0 aromatic heterocycles. The van der Waals surface area contributed by atoms with Gasteiger partial charge in [0.05, 0.1) is 16.9 Å². The number of hydrogen-bond donors (Lipinski definition) is 2. The second-order valence-corrected chi connectivity index (χ2v) is 7.57. The first-order valence-corrected chi connectivity index (χ1v) is 8.68. The molecule has 5 nitrogen and oxygen atoms in total. The van der Waals surface area contributed by atoms with Gasteiger partial charge in [-0.2, -0.15) is 5.26 Å². The monoisotopic (exact) mass is 429 g/mol. The van der Waals surface area contributed by atoms with E-state index in [4.69, 9.17) is 11.0 Å². The summed E-state index contributed by atoms with van der Waals surface area (Å²) in [6.45, 7) is 0. The van der Waals surface area contributed by atoms with Gasteiger partial charge in [-0.25, -0.2) is 8.42 Å². The van der Waals surface area contributed by atoms with Crippen molar-refractivity contribution >= 4 is 53.3 Å². The van der Waals surface area contributed by atoms with Crippen molar-refractivity contribution in [2.75, 3.05) is 10.5 Å². The van der Waals surface area contributed by atoms with Crippen molar-refractivity contribution in [1.29, 1.82) is 5.26 Å². The maximum Gasteiger partial charge on any atom is 0.264 e. The Labute approximate surface area is 139 Å². The molecule has 2 aromatic carbocycles. The van der Waals surface area contributed by atoms with Crippen LogP contribution in [-0.2, 0) is 10.0 Å². The van der Waals surface area contributed by atoms with E-state index in [0.29, 0.717) is 8.95 Å². The molecule has 8 heteroatoms. The zero-order chi connectivity index (χ0) is 15.6. The molecular weight excluding hydrogens is 422 g/mol. The molecule has 0 saturated heterocycles. The number of anilines is 2. The van der Waals surface area contributed by atoms with Crippen LogP contribution in [0.4, 0.5) is 11.4 Å². The van der Waals surface area contributed by atoms with Crippen molar-refractivity contribution in [1.82, 2.24) is 0 Å². The molecular formula is C13H9Br2N3O2S. The number of benzene rings is 2. The number of nitrogens with zero attached hydrogens (tertiary/aromatic N) is 1. The Morgan fingerprint density at radius 3 is 2.38 bits per heavy atom. The zero-order valence-electron chi connectivity index (χ0n) is 10.5. The molecule has 108 valence electrons. The van der Waals surface area contributed by atoms with Crippen LogP contribution in [0.1, 0.15) is 5.56 Å². The molecule has 0 amide bonds. The van der Waals surface area contributed by atoms with Crippen molar-refractivity contribution in [2.24, 2.45) is 0 Å². The third-order valence-corrected chi connectivity index (χ3v) is 5.02. The maximum absolute atomic E-state index is 12.4. The molecule has 0 saturated carbocycles. The van der Waals surface area contributed by atoms with Crippen LogP contribution in [0.2, 0.25) is 0 Å². The van der Waals surface area contributed by atoms with Gasteiger partial charge in [-0.1, -0.05) is 31.9 Å². The van der Waals surface area contributed by atoms with E-state index in [1.54, 1.807) is 12.1 Å². The number of halogens is 2. The molecule has 0 atom stereocenters. The summed E-state index contributed by atoms with van der Waals surface area (Å²) in [6.07, 6.45) is 0. The number of rotatable bonds is 3. The second-order valence-electron chi connectivity index (χ2n) is 4.09. The lowest BCUT2D eigenvalue weighted by molar-refractivity contribution is 0.601. The lowest BCUT2D eigenvalue weighted by Crippen LogP contribution is -2.15. The van der Waals surface area contributed by atoms with Crippen molar-refractivity contribution in [2.45, 2.75) is 4.90 Å². The van der Waals surface area contributed by atoms with Gasteiger partial charge >= 0.3 is 0 Å². The Kier molecular flexibility index (Phi) is 4.56. The molecule has 0 fully saturated rings. The summed E-state index contributed by atoms with van der Waals surface area (Å²) >= 11 is 6.45. The van der Waals surface area contributed by atoms with Gasteiger partial charge in [0.25, 0.3) is 10.0 Å². The fourth-order valence-corrected chi connectivity index (χ4v) is 3.74. The highest BCUT2D eigenvalue weighted by atomic mass is 79.9. The molecule has 0 aliphatic rings. The van der Waals surface area contributed by atoms with Gasteiger partial charge in [-0.05, 0) is 36.4 Å². The number of hydrogen-bond acceptors (Lipinski definition) is 4. The van der Waals surface area contributed by atoms with Crippen LogP contribution in [0.25, 0.3) is 0 Å². The Morgan fingerprint density at radius 2 is 1.71 bits per heavy atom. The van der Waals surface area contributed by atoms with Gasteiger partial charge in [0.15, 0.2) is 0 Å². The molecule has 0 unspecified atom stereocenters. The van der Waals surface area contributed by atoms with Gasteiger partial charge < -0.3 is 5.73 Å². The fourth-order valence-electron chi connectivity index (χ4n) is 1.64. The highest BCUT2D eigenvalue weighted by Crippen LogP contribution is 2.27. The number of sulfonamides is 1. The van der Waals surface area contributed by atoms with E-state index in [1.807, 2.05) is 6.07 Å². The first-order chi connectivity index (χ1) is 9.83. The number of nitriles is 1. The molecule has 2 rings (SSSR count). The summed E-state index contributed by atoms with van der Waals surface area (Å²) in [5, 5.41) is 9.04. The first kappa shape index (κ1) is 15.8. The third kappa shape index (κ3) is 3.56. The van der Waals surface area contributed by atoms with E-state index in [1.165, 1.54) is 24.3 Å². The van der Waals surface area contributed by atoms with Crippen molar-refractivity contribution in [3.63, 3.8) is 0 Å². The van der Waals surface area contributed by atoms with Crippen molar-refractivity contribution in [3.05, 3.63) is 50.9 Å². The largest absolute Gasteiger partial charge is 0.398 e. The molecule has 21 heavy (non-hydrogen) atoms. The minimum Gasteiger partial charge on any atom is -0.398 e. The zero-order valence-corrected chi connectivity index (χ0v) is 14.5. The van der Waals surface area contributed by atoms with E-state index in [0.717, 1.165) is 0 Å². The Hall–Kier alpha value is -1.56. The SMILES string of the molecule is N#Cc1ccc(Br)cc1NS(=O)(=O)c1cc(Br)ccc1N. The van der Waals surface area contributed by atoms with Crippen LogP contribution in [0.15, 0.2) is 50.2 Å². The number of nitrogens with one attached hydrogen (secondary N) is 1. The molecule has 0 spiro atoms. The van der Waals surface area contributed by atoms with E-state index < -0.39 is 10.0 Å². The Bertz CT molecular complexity index is 845. The quantitative estimate of drug-likeness (QED) is 0.728. The summed E-state index contributed by atoms with van der Waals surface area (Å²) in [4.78, 5) is -0.0549. The maximum atomic E-state index is 12.4. The fraction of sp³-hybridized carbons (Fsp3) is 0. The standard InChI is InChI=1S/C13H9Br2N3O2S/c14-9-2-1-8(7-16)12(5-9)18-21(19,20)13-6-10(15)3-4-11(13)17/h1-6,18H,17H2. The van der Waals surface area contributed by atoms with Gasteiger partial charge in [0.2, 0.25) is 0 Å². The topological polar surface area (TPSA) is 96.0 Å². The van der Waals surface area contributed by atoms with Crippen molar-refractivity contribution in [3.8, 4) is 6.07 Å². The summed E-state index contributed by atoms with van der Waals surface area (Å²) in [6, 6.07) is 11.2. The minimum atomic E-state index is -3.89. The lowest BCUT2D eigenvalue weighted by Gasteiger charge is -2.12. The van der Waals surface area contributed by atoms with Crippen molar-refractivity contribution < 1.29 is 8.42 Å².